The molecule has 0 aliphatic carbocycles. The van der Waals surface area contributed by atoms with Crippen molar-refractivity contribution in [2.24, 2.45) is 0 Å². The topological polar surface area (TPSA) is 62.3 Å². The van der Waals surface area contributed by atoms with E-state index in [0.29, 0.717) is 52.3 Å². The second kappa shape index (κ2) is 9.65. The fourth-order valence-corrected chi connectivity index (χ4v) is 3.95. The molecule has 0 N–H and O–H groups in total. The van der Waals surface area contributed by atoms with Crippen LogP contribution in [0.25, 0.3) is 0 Å². The maximum Gasteiger partial charge on any atom is 0.573 e. The van der Waals surface area contributed by atoms with Gasteiger partial charge in [0.1, 0.15) is 5.75 Å². The lowest BCUT2D eigenvalue weighted by Crippen LogP contribution is -2.44. The van der Waals surface area contributed by atoms with Gasteiger partial charge in [-0.05, 0) is 31.0 Å². The van der Waals surface area contributed by atoms with Gasteiger partial charge in [0.15, 0.2) is 0 Å². The molecule has 3 rings (SSSR count). The third kappa shape index (κ3) is 5.63. The molecule has 30 heavy (non-hydrogen) atoms. The Hall–Kier alpha value is -2.33. The van der Waals surface area contributed by atoms with Crippen LogP contribution in [0.15, 0.2) is 24.3 Å². The van der Waals surface area contributed by atoms with E-state index in [1.54, 1.807) is 16.9 Å². The van der Waals surface area contributed by atoms with Crippen LogP contribution in [-0.4, -0.2) is 91.9 Å². The summed E-state index contributed by atoms with van der Waals surface area (Å²) >= 11 is 0. The van der Waals surface area contributed by atoms with Gasteiger partial charge in [-0.2, -0.15) is 0 Å². The van der Waals surface area contributed by atoms with Crippen molar-refractivity contribution in [3.05, 3.63) is 29.8 Å². The molecule has 0 radical (unpaired) electrons. The predicted molar refractivity (Wildman–Crippen MR) is 102 cm³/mol. The van der Waals surface area contributed by atoms with Crippen LogP contribution in [0.1, 0.15) is 23.2 Å². The molecule has 2 aliphatic rings. The first-order chi connectivity index (χ1) is 14.3. The van der Waals surface area contributed by atoms with Gasteiger partial charge in [0.2, 0.25) is 5.91 Å². The first kappa shape index (κ1) is 22.4. The van der Waals surface area contributed by atoms with E-state index >= 15 is 0 Å². The summed E-state index contributed by atoms with van der Waals surface area (Å²) < 4.78 is 46.3. The van der Waals surface area contributed by atoms with Crippen molar-refractivity contribution in [3.63, 3.8) is 0 Å². The number of benzene rings is 1. The summed E-state index contributed by atoms with van der Waals surface area (Å²) in [6, 6.07) is 4.91. The zero-order valence-corrected chi connectivity index (χ0v) is 16.9. The largest absolute Gasteiger partial charge is 0.573 e. The van der Waals surface area contributed by atoms with E-state index in [0.717, 1.165) is 18.6 Å². The highest BCUT2D eigenvalue weighted by Gasteiger charge is 2.36. The second-order valence-electron chi connectivity index (χ2n) is 7.38. The van der Waals surface area contributed by atoms with E-state index in [-0.39, 0.29) is 23.4 Å². The average Bonchev–Trinajstić information content (AvgIpc) is 2.90. The van der Waals surface area contributed by atoms with Gasteiger partial charge in [-0.15, -0.1) is 13.2 Å². The molecule has 1 aromatic rings. The Balaban J connectivity index is 1.59. The summed E-state index contributed by atoms with van der Waals surface area (Å²) in [4.78, 5) is 31.0. The summed E-state index contributed by atoms with van der Waals surface area (Å²) in [5.41, 5.74) is 0.146. The number of hydrogen-bond acceptors (Lipinski definition) is 5. The summed E-state index contributed by atoms with van der Waals surface area (Å²) in [5, 5.41) is 0. The first-order valence-corrected chi connectivity index (χ1v) is 9.95. The lowest BCUT2D eigenvalue weighted by atomic mass is 10.2. The summed E-state index contributed by atoms with van der Waals surface area (Å²) in [5.74, 6) is -0.676. The number of ether oxygens (including phenoxy) is 2. The monoisotopic (exact) mass is 429 g/mol. The van der Waals surface area contributed by atoms with Crippen LogP contribution in [-0.2, 0) is 9.53 Å². The number of methoxy groups -OCH3 is 1. The summed E-state index contributed by atoms with van der Waals surface area (Å²) in [7, 11) is 1.60. The molecule has 0 saturated carbocycles. The maximum atomic E-state index is 12.8. The fourth-order valence-electron chi connectivity index (χ4n) is 3.95. The molecular formula is C20H26F3N3O4. The number of nitrogens with zero attached hydrogens (tertiary/aromatic N) is 3. The van der Waals surface area contributed by atoms with Crippen molar-refractivity contribution >= 4 is 11.8 Å². The molecule has 0 spiro atoms. The van der Waals surface area contributed by atoms with Crippen LogP contribution in [0.2, 0.25) is 0 Å². The quantitative estimate of drug-likeness (QED) is 0.692. The second-order valence-corrected chi connectivity index (χ2v) is 7.38. The molecule has 2 amide bonds. The Morgan fingerprint density at radius 1 is 1.17 bits per heavy atom. The van der Waals surface area contributed by atoms with Gasteiger partial charge in [-0.3, -0.25) is 14.5 Å². The molecule has 0 aromatic heterocycles. The molecule has 2 fully saturated rings. The standard InChI is InChI=1S/C20H26F3N3O4/c1-29-13-12-26-9-6-17(19(26)28)24-7-3-8-25(11-10-24)18(27)15-4-2-5-16(14-15)30-20(21,22)23/h2,4-5,14,17H,3,6-13H2,1H3. The van der Waals surface area contributed by atoms with Gasteiger partial charge in [-0.1, -0.05) is 6.07 Å². The smallest absolute Gasteiger partial charge is 0.406 e. The van der Waals surface area contributed by atoms with E-state index in [1.807, 2.05) is 0 Å². The number of alkyl halides is 3. The van der Waals surface area contributed by atoms with Gasteiger partial charge in [0, 0.05) is 51.9 Å². The zero-order valence-electron chi connectivity index (χ0n) is 16.9. The number of carbonyl (C=O) groups excluding carboxylic acids is 2. The van der Waals surface area contributed by atoms with Crippen LogP contribution in [0.5, 0.6) is 5.75 Å². The molecule has 2 saturated heterocycles. The summed E-state index contributed by atoms with van der Waals surface area (Å²) in [6.45, 7) is 3.88. The van der Waals surface area contributed by atoms with E-state index in [4.69, 9.17) is 4.74 Å². The number of carbonyl (C=O) groups is 2. The van der Waals surface area contributed by atoms with Gasteiger partial charge in [-0.25, -0.2) is 0 Å². The highest BCUT2D eigenvalue weighted by Crippen LogP contribution is 2.24. The third-order valence-corrected chi connectivity index (χ3v) is 5.41. The van der Waals surface area contributed by atoms with Crippen LogP contribution in [0.3, 0.4) is 0 Å². The lowest BCUT2D eigenvalue weighted by Gasteiger charge is -2.26. The number of hydrogen-bond donors (Lipinski definition) is 0. The van der Waals surface area contributed by atoms with Crippen molar-refractivity contribution in [3.8, 4) is 5.75 Å². The normalized spacial score (nSPS) is 21.1. The number of halogens is 3. The number of rotatable bonds is 6. The molecule has 2 heterocycles. The Labute approximate surface area is 173 Å². The van der Waals surface area contributed by atoms with Gasteiger partial charge in [0.25, 0.3) is 5.91 Å². The summed E-state index contributed by atoms with van der Waals surface area (Å²) in [6.07, 6.45) is -3.38. The number of amides is 2. The highest BCUT2D eigenvalue weighted by molar-refractivity contribution is 5.94. The van der Waals surface area contributed by atoms with Crippen molar-refractivity contribution in [1.29, 1.82) is 0 Å². The number of likely N-dealkylation sites (tertiary alicyclic amines) is 1. The minimum absolute atomic E-state index is 0.0869. The van der Waals surface area contributed by atoms with Gasteiger partial charge < -0.3 is 19.3 Å². The van der Waals surface area contributed by atoms with E-state index in [1.165, 1.54) is 12.1 Å². The molecule has 2 aliphatic heterocycles. The molecule has 7 nitrogen and oxygen atoms in total. The van der Waals surface area contributed by atoms with Crippen LogP contribution >= 0.6 is 0 Å². The molecule has 0 bridgehead atoms. The van der Waals surface area contributed by atoms with Gasteiger partial charge >= 0.3 is 6.36 Å². The molecule has 1 unspecified atom stereocenters. The molecule has 166 valence electrons. The van der Waals surface area contributed by atoms with Crippen LogP contribution in [0.4, 0.5) is 13.2 Å². The van der Waals surface area contributed by atoms with E-state index < -0.39 is 12.1 Å². The zero-order chi connectivity index (χ0) is 21.7. The Bertz CT molecular complexity index is 759. The molecule has 1 atom stereocenters. The van der Waals surface area contributed by atoms with Crippen LogP contribution in [0, 0.1) is 0 Å². The lowest BCUT2D eigenvalue weighted by molar-refractivity contribution is -0.274. The Morgan fingerprint density at radius 3 is 2.70 bits per heavy atom. The minimum atomic E-state index is -4.81. The van der Waals surface area contributed by atoms with E-state index in [9.17, 15) is 22.8 Å². The van der Waals surface area contributed by atoms with Gasteiger partial charge in [0.05, 0.1) is 12.6 Å². The van der Waals surface area contributed by atoms with E-state index in [2.05, 4.69) is 9.64 Å². The minimum Gasteiger partial charge on any atom is -0.406 e. The highest BCUT2D eigenvalue weighted by atomic mass is 19.4. The fraction of sp³-hybridized carbons (Fsp3) is 0.600. The van der Waals surface area contributed by atoms with Crippen molar-refractivity contribution in [2.75, 3.05) is 53.0 Å². The Kier molecular flexibility index (Phi) is 7.19. The van der Waals surface area contributed by atoms with Crippen molar-refractivity contribution in [1.82, 2.24) is 14.7 Å². The van der Waals surface area contributed by atoms with Crippen molar-refractivity contribution in [2.45, 2.75) is 25.2 Å². The SMILES string of the molecule is COCCN1CCC(N2CCCN(C(=O)c3cccc(OC(F)(F)F)c3)CC2)C1=O. The molecule has 1 aromatic carbocycles. The van der Waals surface area contributed by atoms with Crippen molar-refractivity contribution < 1.29 is 32.2 Å². The first-order valence-electron chi connectivity index (χ1n) is 9.95. The molecule has 10 heteroatoms. The average molecular weight is 429 g/mol. The Morgan fingerprint density at radius 2 is 1.97 bits per heavy atom. The predicted octanol–water partition coefficient (Wildman–Crippen LogP) is 1.98. The maximum absolute atomic E-state index is 12.8. The third-order valence-electron chi connectivity index (χ3n) is 5.41. The molecular weight excluding hydrogens is 403 g/mol. The van der Waals surface area contributed by atoms with Crippen LogP contribution < -0.4 is 4.74 Å².